The number of rotatable bonds is 57. The van der Waals surface area contributed by atoms with Crippen LogP contribution in [0.15, 0.2) is 24.3 Å². The first-order valence-electron chi connectivity index (χ1n) is 30.6. The standard InChI is InChI=1S/C62H121NO4/c1-3-5-7-9-11-13-15-17-19-21-22-23-24-25-26-27-28-29-30-31-32-33-34-35-36-37-38-39-40-41-43-45-47-49-51-53-55-57-61(66)63-59(58-64)62(67)60(65)56-54-52-50-48-46-44-42-20-18-16-14-12-10-8-6-4-2/h26-27,29-30,59-60,62,64-65,67H,3-25,28,31-58H2,1-2H3,(H,63,66)/b27-26-,30-29-. The van der Waals surface area contributed by atoms with E-state index in [2.05, 4.69) is 43.5 Å². The van der Waals surface area contributed by atoms with Crippen molar-refractivity contribution < 1.29 is 20.1 Å². The Labute approximate surface area is 420 Å². The Morgan fingerprint density at radius 1 is 0.373 bits per heavy atom. The molecule has 0 heterocycles. The molecule has 1 amide bonds. The van der Waals surface area contributed by atoms with Gasteiger partial charge in [0.05, 0.1) is 18.8 Å². The molecule has 0 rings (SSSR count). The van der Waals surface area contributed by atoms with Gasteiger partial charge < -0.3 is 20.6 Å². The molecule has 3 atom stereocenters. The third-order valence-corrected chi connectivity index (χ3v) is 14.6. The molecular weight excluding hydrogens is 823 g/mol. The fourth-order valence-electron chi connectivity index (χ4n) is 9.84. The van der Waals surface area contributed by atoms with E-state index >= 15 is 0 Å². The Bertz CT molecular complexity index is 998. The third kappa shape index (κ3) is 52.5. The summed E-state index contributed by atoms with van der Waals surface area (Å²) in [4.78, 5) is 12.5. The fourth-order valence-corrected chi connectivity index (χ4v) is 9.84. The van der Waals surface area contributed by atoms with Crippen LogP contribution in [-0.2, 0) is 4.79 Å². The second-order valence-electron chi connectivity index (χ2n) is 21.3. The maximum absolute atomic E-state index is 12.5. The zero-order chi connectivity index (χ0) is 48.6. The van der Waals surface area contributed by atoms with E-state index in [-0.39, 0.29) is 12.5 Å². The molecule has 0 aliphatic rings. The fraction of sp³-hybridized carbons (Fsp3) is 0.919. The number of hydrogen-bond acceptors (Lipinski definition) is 4. The Hall–Kier alpha value is -1.17. The van der Waals surface area contributed by atoms with Gasteiger partial charge in [0.2, 0.25) is 5.91 Å². The molecule has 0 aromatic carbocycles. The number of aliphatic hydroxyl groups excluding tert-OH is 3. The van der Waals surface area contributed by atoms with Crippen molar-refractivity contribution in [2.75, 3.05) is 6.61 Å². The molecule has 0 saturated heterocycles. The normalized spacial score (nSPS) is 13.3. The van der Waals surface area contributed by atoms with Gasteiger partial charge in [-0.2, -0.15) is 0 Å². The van der Waals surface area contributed by atoms with Gasteiger partial charge in [-0.15, -0.1) is 0 Å². The SMILES string of the molecule is CCCCCCCCCCCCCCC/C=C\C/C=C\CCCCCCCCCCCCCCCCCCCC(=O)NC(CO)C(O)C(O)CCCCCCCCCCCCCCCCCC. The molecule has 0 aromatic heterocycles. The molecule has 5 nitrogen and oxygen atoms in total. The summed E-state index contributed by atoms with van der Waals surface area (Å²) in [5.41, 5.74) is 0. The van der Waals surface area contributed by atoms with E-state index in [4.69, 9.17) is 0 Å². The molecule has 0 fully saturated rings. The number of unbranched alkanes of at least 4 members (excludes halogenated alkanes) is 45. The molecular formula is C62H121NO4. The molecule has 0 bridgehead atoms. The number of nitrogens with one attached hydrogen (secondary N) is 1. The van der Waals surface area contributed by atoms with Crippen LogP contribution in [0.3, 0.4) is 0 Å². The lowest BCUT2D eigenvalue weighted by molar-refractivity contribution is -0.124. The second-order valence-corrected chi connectivity index (χ2v) is 21.3. The number of hydrogen-bond donors (Lipinski definition) is 4. The van der Waals surface area contributed by atoms with Gasteiger partial charge in [-0.05, 0) is 44.9 Å². The van der Waals surface area contributed by atoms with E-state index in [0.717, 1.165) is 38.5 Å². The van der Waals surface area contributed by atoms with Crippen molar-refractivity contribution >= 4 is 5.91 Å². The number of amides is 1. The quantitative estimate of drug-likeness (QED) is 0.0361. The average molecular weight is 945 g/mol. The third-order valence-electron chi connectivity index (χ3n) is 14.6. The van der Waals surface area contributed by atoms with Gasteiger partial charge in [-0.25, -0.2) is 0 Å². The van der Waals surface area contributed by atoms with Crippen LogP contribution in [0.25, 0.3) is 0 Å². The average Bonchev–Trinajstić information content (AvgIpc) is 3.33. The Morgan fingerprint density at radius 2 is 0.642 bits per heavy atom. The van der Waals surface area contributed by atoms with Crippen molar-refractivity contribution in [3.05, 3.63) is 24.3 Å². The number of allylic oxidation sites excluding steroid dienone is 4. The summed E-state index contributed by atoms with van der Waals surface area (Å²) in [5, 5.41) is 33.8. The molecule has 4 N–H and O–H groups in total. The number of carbonyl (C=O) groups excluding carboxylic acids is 1. The predicted molar refractivity (Wildman–Crippen MR) is 296 cm³/mol. The van der Waals surface area contributed by atoms with Crippen LogP contribution in [0.5, 0.6) is 0 Å². The molecule has 3 unspecified atom stereocenters. The molecule has 0 aliphatic carbocycles. The minimum absolute atomic E-state index is 0.139. The Morgan fingerprint density at radius 3 is 0.940 bits per heavy atom. The first-order chi connectivity index (χ1) is 33.1. The molecule has 0 saturated carbocycles. The highest BCUT2D eigenvalue weighted by Crippen LogP contribution is 2.18. The van der Waals surface area contributed by atoms with Gasteiger partial charge in [-0.3, -0.25) is 4.79 Å². The highest BCUT2D eigenvalue weighted by Gasteiger charge is 2.26. The zero-order valence-electron chi connectivity index (χ0n) is 45.6. The lowest BCUT2D eigenvalue weighted by Gasteiger charge is -2.26. The lowest BCUT2D eigenvalue weighted by atomic mass is 9.99. The molecule has 5 heteroatoms. The topological polar surface area (TPSA) is 89.8 Å². The van der Waals surface area contributed by atoms with Gasteiger partial charge in [0.15, 0.2) is 0 Å². The monoisotopic (exact) mass is 944 g/mol. The van der Waals surface area contributed by atoms with Crippen LogP contribution in [0.2, 0.25) is 0 Å². The van der Waals surface area contributed by atoms with Crippen molar-refractivity contribution in [2.45, 2.75) is 360 Å². The zero-order valence-corrected chi connectivity index (χ0v) is 45.6. The Kier molecular flexibility index (Phi) is 56.4. The molecule has 67 heavy (non-hydrogen) atoms. The molecule has 398 valence electrons. The van der Waals surface area contributed by atoms with Gasteiger partial charge >= 0.3 is 0 Å². The van der Waals surface area contributed by atoms with E-state index in [9.17, 15) is 20.1 Å². The smallest absolute Gasteiger partial charge is 0.220 e. The van der Waals surface area contributed by atoms with Crippen LogP contribution in [0.1, 0.15) is 341 Å². The summed E-state index contributed by atoms with van der Waals surface area (Å²) in [7, 11) is 0. The van der Waals surface area contributed by atoms with Crippen molar-refractivity contribution in [3.63, 3.8) is 0 Å². The van der Waals surface area contributed by atoms with Crippen LogP contribution in [-0.4, -0.2) is 46.1 Å². The highest BCUT2D eigenvalue weighted by atomic mass is 16.3. The summed E-state index contributed by atoms with van der Waals surface area (Å²) in [5.74, 6) is -0.139. The summed E-state index contributed by atoms with van der Waals surface area (Å²) < 4.78 is 0. The molecule has 0 aromatic rings. The van der Waals surface area contributed by atoms with E-state index in [1.54, 1.807) is 0 Å². The minimum atomic E-state index is -1.13. The van der Waals surface area contributed by atoms with Crippen LogP contribution < -0.4 is 5.32 Å². The maximum Gasteiger partial charge on any atom is 0.220 e. The molecule has 0 spiro atoms. The van der Waals surface area contributed by atoms with Crippen LogP contribution in [0.4, 0.5) is 0 Å². The van der Waals surface area contributed by atoms with Gasteiger partial charge in [0.1, 0.15) is 6.10 Å². The van der Waals surface area contributed by atoms with Crippen molar-refractivity contribution in [1.29, 1.82) is 0 Å². The van der Waals surface area contributed by atoms with Gasteiger partial charge in [0.25, 0.3) is 0 Å². The minimum Gasteiger partial charge on any atom is -0.394 e. The number of carbonyl (C=O) groups is 1. The summed E-state index contributed by atoms with van der Waals surface area (Å²) in [6.45, 7) is 4.22. The predicted octanol–water partition coefficient (Wildman–Crippen LogP) is 19.2. The van der Waals surface area contributed by atoms with E-state index in [0.29, 0.717) is 12.8 Å². The van der Waals surface area contributed by atoms with Gasteiger partial charge in [0, 0.05) is 6.42 Å². The second kappa shape index (κ2) is 57.4. The van der Waals surface area contributed by atoms with Crippen molar-refractivity contribution in [2.24, 2.45) is 0 Å². The lowest BCUT2D eigenvalue weighted by Crippen LogP contribution is -2.50. The summed E-state index contributed by atoms with van der Waals surface area (Å²) in [6.07, 6.45) is 73.6. The van der Waals surface area contributed by atoms with Crippen molar-refractivity contribution in [3.8, 4) is 0 Å². The van der Waals surface area contributed by atoms with E-state index in [1.165, 1.54) is 276 Å². The van der Waals surface area contributed by atoms with Crippen molar-refractivity contribution in [1.82, 2.24) is 5.32 Å². The Balaban J connectivity index is 3.46. The van der Waals surface area contributed by atoms with Crippen LogP contribution >= 0.6 is 0 Å². The largest absolute Gasteiger partial charge is 0.394 e. The first kappa shape index (κ1) is 65.8. The van der Waals surface area contributed by atoms with Gasteiger partial charge in [-0.1, -0.05) is 314 Å². The van der Waals surface area contributed by atoms with E-state index in [1.807, 2.05) is 0 Å². The highest BCUT2D eigenvalue weighted by molar-refractivity contribution is 5.76. The molecule has 0 radical (unpaired) electrons. The first-order valence-corrected chi connectivity index (χ1v) is 30.6. The molecule has 0 aliphatic heterocycles. The maximum atomic E-state index is 12.5. The summed E-state index contributed by atoms with van der Waals surface area (Å²) >= 11 is 0. The van der Waals surface area contributed by atoms with E-state index < -0.39 is 18.2 Å². The van der Waals surface area contributed by atoms with Crippen LogP contribution in [0, 0.1) is 0 Å². The summed E-state index contributed by atoms with van der Waals surface area (Å²) in [6, 6.07) is -0.807. The number of aliphatic hydroxyl groups is 3.